The molecule has 0 fully saturated rings. The van der Waals surface area contributed by atoms with E-state index in [0.29, 0.717) is 12.5 Å². The van der Waals surface area contributed by atoms with Crippen molar-refractivity contribution in [2.75, 3.05) is 6.61 Å². The summed E-state index contributed by atoms with van der Waals surface area (Å²) in [4.78, 5) is 11.7. The Kier molecular flexibility index (Phi) is 3.43. The maximum atomic E-state index is 11.7. The SMILES string of the molecule is O=C1OCCC2=C1CCC(c1ccc(Cl)cc1)C=C2. The summed E-state index contributed by atoms with van der Waals surface area (Å²) in [6, 6.07) is 7.94. The molecule has 1 aromatic rings. The van der Waals surface area contributed by atoms with E-state index in [1.165, 1.54) is 5.56 Å². The Labute approximate surface area is 117 Å². The second-order valence-electron chi connectivity index (χ2n) is 4.95. The van der Waals surface area contributed by atoms with Crippen LogP contribution in [0.2, 0.25) is 5.02 Å². The number of benzene rings is 1. The second-order valence-corrected chi connectivity index (χ2v) is 5.38. The van der Waals surface area contributed by atoms with E-state index in [1.54, 1.807) is 0 Å². The van der Waals surface area contributed by atoms with E-state index < -0.39 is 0 Å². The molecule has 0 radical (unpaired) electrons. The predicted molar refractivity (Wildman–Crippen MR) is 75.2 cm³/mol. The molecule has 98 valence electrons. The molecule has 0 bridgehead atoms. The Morgan fingerprint density at radius 2 is 1.95 bits per heavy atom. The molecule has 1 aliphatic carbocycles. The maximum absolute atomic E-state index is 11.7. The highest BCUT2D eigenvalue weighted by atomic mass is 35.5. The fourth-order valence-corrected chi connectivity index (χ4v) is 2.81. The number of halogens is 1. The van der Waals surface area contributed by atoms with Gasteiger partial charge in [0.2, 0.25) is 0 Å². The van der Waals surface area contributed by atoms with E-state index >= 15 is 0 Å². The van der Waals surface area contributed by atoms with Crippen molar-refractivity contribution in [3.05, 3.63) is 58.1 Å². The molecule has 2 nitrogen and oxygen atoms in total. The first-order valence-corrected chi connectivity index (χ1v) is 6.94. The van der Waals surface area contributed by atoms with Gasteiger partial charge in [0.15, 0.2) is 0 Å². The molecule has 1 unspecified atom stereocenters. The number of carbonyl (C=O) groups excluding carboxylic acids is 1. The molecule has 0 amide bonds. The minimum atomic E-state index is -0.136. The Morgan fingerprint density at radius 3 is 2.74 bits per heavy atom. The fourth-order valence-electron chi connectivity index (χ4n) is 2.69. The molecule has 3 heteroatoms. The van der Waals surface area contributed by atoms with Crippen molar-refractivity contribution in [3.63, 3.8) is 0 Å². The van der Waals surface area contributed by atoms with Crippen LogP contribution in [0.25, 0.3) is 0 Å². The summed E-state index contributed by atoms with van der Waals surface area (Å²) in [6.45, 7) is 0.508. The summed E-state index contributed by atoms with van der Waals surface area (Å²) < 4.78 is 5.11. The van der Waals surface area contributed by atoms with E-state index in [0.717, 1.165) is 35.4 Å². The molecule has 2 aliphatic rings. The molecule has 1 atom stereocenters. The molecule has 3 rings (SSSR count). The summed E-state index contributed by atoms with van der Waals surface area (Å²) in [5, 5.41) is 0.752. The lowest BCUT2D eigenvalue weighted by molar-refractivity contribution is -0.140. The average Bonchev–Trinajstić information content (AvgIpc) is 2.63. The zero-order valence-electron chi connectivity index (χ0n) is 10.6. The van der Waals surface area contributed by atoms with Crippen LogP contribution in [0.3, 0.4) is 0 Å². The number of allylic oxidation sites excluding steroid dienone is 2. The van der Waals surface area contributed by atoms with E-state index in [9.17, 15) is 4.79 Å². The Morgan fingerprint density at radius 1 is 1.16 bits per heavy atom. The van der Waals surface area contributed by atoms with E-state index in [2.05, 4.69) is 24.3 Å². The van der Waals surface area contributed by atoms with Gasteiger partial charge in [-0.1, -0.05) is 35.9 Å². The van der Waals surface area contributed by atoms with E-state index in [4.69, 9.17) is 16.3 Å². The third-order valence-corrected chi connectivity index (χ3v) is 4.02. The van der Waals surface area contributed by atoms with Crippen LogP contribution in [0.5, 0.6) is 0 Å². The summed E-state index contributed by atoms with van der Waals surface area (Å²) in [5.41, 5.74) is 3.25. The van der Waals surface area contributed by atoms with Crippen LogP contribution in [0.15, 0.2) is 47.6 Å². The molecule has 0 saturated heterocycles. The van der Waals surface area contributed by atoms with Crippen molar-refractivity contribution in [2.45, 2.75) is 25.2 Å². The molecule has 1 aliphatic heterocycles. The second kappa shape index (κ2) is 5.22. The minimum Gasteiger partial charge on any atom is -0.462 e. The van der Waals surface area contributed by atoms with Crippen molar-refractivity contribution in [1.29, 1.82) is 0 Å². The molecular weight excluding hydrogens is 260 g/mol. The molecular formula is C16H15ClO2. The third kappa shape index (κ3) is 2.59. The Hall–Kier alpha value is -1.54. The van der Waals surface area contributed by atoms with Crippen molar-refractivity contribution >= 4 is 17.6 Å². The minimum absolute atomic E-state index is 0.136. The first-order chi connectivity index (χ1) is 9.24. The zero-order chi connectivity index (χ0) is 13.2. The predicted octanol–water partition coefficient (Wildman–Crippen LogP) is 4.02. The van der Waals surface area contributed by atoms with Crippen molar-refractivity contribution in [3.8, 4) is 0 Å². The summed E-state index contributed by atoms with van der Waals surface area (Å²) in [7, 11) is 0. The largest absolute Gasteiger partial charge is 0.462 e. The van der Waals surface area contributed by atoms with Gasteiger partial charge in [-0.3, -0.25) is 0 Å². The molecule has 1 aromatic carbocycles. The smallest absolute Gasteiger partial charge is 0.334 e. The number of hydrogen-bond donors (Lipinski definition) is 0. The maximum Gasteiger partial charge on any atom is 0.334 e. The third-order valence-electron chi connectivity index (χ3n) is 3.77. The van der Waals surface area contributed by atoms with Gasteiger partial charge >= 0.3 is 5.97 Å². The monoisotopic (exact) mass is 274 g/mol. The lowest BCUT2D eigenvalue weighted by Gasteiger charge is -2.16. The fraction of sp³-hybridized carbons (Fsp3) is 0.312. The van der Waals surface area contributed by atoms with Crippen LogP contribution in [-0.4, -0.2) is 12.6 Å². The van der Waals surface area contributed by atoms with Gasteiger partial charge in [0.25, 0.3) is 0 Å². The number of esters is 1. The highest BCUT2D eigenvalue weighted by Gasteiger charge is 2.24. The van der Waals surface area contributed by atoms with Gasteiger partial charge in [0.05, 0.1) is 6.61 Å². The van der Waals surface area contributed by atoms with Gasteiger partial charge in [-0.25, -0.2) is 4.79 Å². The molecule has 0 saturated carbocycles. The van der Waals surface area contributed by atoms with Crippen molar-refractivity contribution in [2.24, 2.45) is 0 Å². The van der Waals surface area contributed by atoms with Gasteiger partial charge in [-0.15, -0.1) is 0 Å². The molecule has 0 spiro atoms. The van der Waals surface area contributed by atoms with Crippen molar-refractivity contribution < 1.29 is 9.53 Å². The summed E-state index contributed by atoms with van der Waals surface area (Å²) >= 11 is 5.91. The van der Waals surface area contributed by atoms with Crippen LogP contribution >= 0.6 is 11.6 Å². The standard InChI is InChI=1S/C16H15ClO2/c17-14-6-3-12(4-7-14)11-1-2-13-9-10-19-16(18)15(13)8-5-11/h1-4,6-7,11H,5,8-10H2. The van der Waals surface area contributed by atoms with Crippen LogP contribution < -0.4 is 0 Å². The molecule has 1 heterocycles. The normalized spacial score (nSPS) is 22.8. The Bertz CT molecular complexity index is 555. The van der Waals surface area contributed by atoms with Gasteiger partial charge in [-0.05, 0) is 36.1 Å². The molecule has 0 aromatic heterocycles. The average molecular weight is 275 g/mol. The first kappa shape index (κ1) is 12.5. The van der Waals surface area contributed by atoms with Crippen LogP contribution in [0, 0.1) is 0 Å². The van der Waals surface area contributed by atoms with Crippen LogP contribution in [0.1, 0.15) is 30.7 Å². The molecule has 0 N–H and O–H groups in total. The summed E-state index contributed by atoms with van der Waals surface area (Å²) in [6.07, 6.45) is 6.86. The number of hydrogen-bond acceptors (Lipinski definition) is 2. The Balaban J connectivity index is 1.83. The quantitative estimate of drug-likeness (QED) is 0.723. The van der Waals surface area contributed by atoms with Gasteiger partial charge in [-0.2, -0.15) is 0 Å². The highest BCUT2D eigenvalue weighted by Crippen LogP contribution is 2.33. The van der Waals surface area contributed by atoms with Crippen LogP contribution in [-0.2, 0) is 9.53 Å². The van der Waals surface area contributed by atoms with E-state index in [-0.39, 0.29) is 5.97 Å². The lowest BCUT2D eigenvalue weighted by atomic mass is 9.93. The van der Waals surface area contributed by atoms with Gasteiger partial charge in [0.1, 0.15) is 0 Å². The van der Waals surface area contributed by atoms with Gasteiger partial charge < -0.3 is 4.74 Å². The van der Waals surface area contributed by atoms with Gasteiger partial charge in [0, 0.05) is 22.9 Å². The topological polar surface area (TPSA) is 26.3 Å². The summed E-state index contributed by atoms with van der Waals surface area (Å²) in [5.74, 6) is 0.207. The lowest BCUT2D eigenvalue weighted by Crippen LogP contribution is -2.16. The number of ether oxygens (including phenoxy) is 1. The number of cyclic esters (lactones) is 1. The van der Waals surface area contributed by atoms with E-state index in [1.807, 2.05) is 12.1 Å². The van der Waals surface area contributed by atoms with Crippen molar-refractivity contribution in [1.82, 2.24) is 0 Å². The molecule has 19 heavy (non-hydrogen) atoms. The zero-order valence-corrected chi connectivity index (χ0v) is 11.3. The first-order valence-electron chi connectivity index (χ1n) is 6.57. The highest BCUT2D eigenvalue weighted by molar-refractivity contribution is 6.30. The van der Waals surface area contributed by atoms with Crippen LogP contribution in [0.4, 0.5) is 0 Å². The number of carbonyl (C=O) groups is 1. The number of rotatable bonds is 1.